The van der Waals surface area contributed by atoms with Gasteiger partial charge < -0.3 is 15.4 Å². The predicted octanol–water partition coefficient (Wildman–Crippen LogP) is 4.87. The van der Waals surface area contributed by atoms with Crippen LogP contribution in [-0.2, 0) is 16.6 Å². The highest BCUT2D eigenvalue weighted by molar-refractivity contribution is 7.92. The lowest BCUT2D eigenvalue weighted by Gasteiger charge is -2.33. The van der Waals surface area contributed by atoms with Gasteiger partial charge in [-0.15, -0.1) is 12.4 Å². The van der Waals surface area contributed by atoms with Crippen molar-refractivity contribution in [2.24, 2.45) is 0 Å². The maximum Gasteiger partial charge on any atom is 0.315 e. The van der Waals surface area contributed by atoms with E-state index in [1.807, 2.05) is 12.1 Å². The summed E-state index contributed by atoms with van der Waals surface area (Å²) in [7, 11) is -3.30. The fraction of sp³-hybridized carbons (Fsp3) is 0.500. The fourth-order valence-corrected chi connectivity index (χ4v) is 5.32. The first-order valence-corrected chi connectivity index (χ1v) is 14.4. The molecule has 36 heavy (non-hydrogen) atoms. The van der Waals surface area contributed by atoms with Gasteiger partial charge in [0.15, 0.2) is 0 Å². The quantitative estimate of drug-likeness (QED) is 0.447. The van der Waals surface area contributed by atoms with Gasteiger partial charge in [-0.05, 0) is 67.6 Å². The minimum absolute atomic E-state index is 0. The number of hydrogen-bond donors (Lipinski definition) is 3. The summed E-state index contributed by atoms with van der Waals surface area (Å²) in [5, 5.41) is 6.32. The molecule has 2 fully saturated rings. The standard InChI is InChI=1S/C26H36N4O4S.ClH/c1-35(32,33)29-23-9-13-25(14-10-23)34-24-11-7-20(8-12-24)19-30-17-15-22(16-18-30)28-26(31)27-21-5-3-2-4-6-21;/h7-14,21-22,29H,2-6,15-19H2,1H3,(H2,27,28,31);1H. The zero-order valence-corrected chi connectivity index (χ0v) is 22.4. The number of rotatable bonds is 8. The number of benzene rings is 2. The Kier molecular flexibility index (Phi) is 10.3. The Morgan fingerprint density at radius 3 is 1.94 bits per heavy atom. The molecule has 0 bridgehead atoms. The number of nitrogens with zero attached hydrogens (tertiary/aromatic N) is 1. The number of sulfonamides is 1. The second-order valence-corrected chi connectivity index (χ2v) is 11.4. The van der Waals surface area contributed by atoms with Crippen molar-refractivity contribution in [2.75, 3.05) is 24.1 Å². The Balaban J connectivity index is 0.00000361. The molecule has 1 saturated carbocycles. The van der Waals surface area contributed by atoms with Crippen LogP contribution < -0.4 is 20.1 Å². The van der Waals surface area contributed by atoms with Crippen LogP contribution in [0.5, 0.6) is 11.5 Å². The van der Waals surface area contributed by atoms with Gasteiger partial charge in [0.05, 0.1) is 6.26 Å². The highest BCUT2D eigenvalue weighted by Gasteiger charge is 2.22. The van der Waals surface area contributed by atoms with Crippen LogP contribution in [0.2, 0.25) is 0 Å². The molecule has 3 N–H and O–H groups in total. The maximum absolute atomic E-state index is 12.3. The third-order valence-corrected chi connectivity index (χ3v) is 7.19. The van der Waals surface area contributed by atoms with Crippen LogP contribution in [0.25, 0.3) is 0 Å². The van der Waals surface area contributed by atoms with E-state index in [2.05, 4.69) is 32.4 Å². The van der Waals surface area contributed by atoms with Gasteiger partial charge in [0, 0.05) is 37.4 Å². The van der Waals surface area contributed by atoms with Gasteiger partial charge in [-0.3, -0.25) is 9.62 Å². The number of likely N-dealkylation sites (tertiary alicyclic amines) is 1. The van der Waals surface area contributed by atoms with Crippen molar-refractivity contribution in [3.63, 3.8) is 0 Å². The number of anilines is 1. The van der Waals surface area contributed by atoms with Crippen LogP contribution in [0.15, 0.2) is 48.5 Å². The first-order valence-electron chi connectivity index (χ1n) is 12.5. The summed E-state index contributed by atoms with van der Waals surface area (Å²) in [4.78, 5) is 14.7. The lowest BCUT2D eigenvalue weighted by atomic mass is 9.96. The molecule has 2 aromatic carbocycles. The highest BCUT2D eigenvalue weighted by atomic mass is 35.5. The SMILES string of the molecule is CS(=O)(=O)Nc1ccc(Oc2ccc(CN3CCC(NC(=O)NC4CCCCC4)CC3)cc2)cc1.Cl. The van der Waals surface area contributed by atoms with Crippen LogP contribution in [0.3, 0.4) is 0 Å². The van der Waals surface area contributed by atoms with Crippen LogP contribution in [-0.4, -0.2) is 50.8 Å². The van der Waals surface area contributed by atoms with Crippen molar-refractivity contribution >= 4 is 34.1 Å². The number of carbonyl (C=O) groups is 1. The van der Waals surface area contributed by atoms with Crippen molar-refractivity contribution in [1.29, 1.82) is 0 Å². The van der Waals surface area contributed by atoms with Crippen molar-refractivity contribution in [2.45, 2.75) is 63.6 Å². The van der Waals surface area contributed by atoms with E-state index >= 15 is 0 Å². The fourth-order valence-electron chi connectivity index (χ4n) is 4.76. The van der Waals surface area contributed by atoms with E-state index in [9.17, 15) is 13.2 Å². The smallest absolute Gasteiger partial charge is 0.315 e. The van der Waals surface area contributed by atoms with Crippen molar-refractivity contribution < 1.29 is 17.9 Å². The first-order chi connectivity index (χ1) is 16.8. The second kappa shape index (κ2) is 13.2. The summed E-state index contributed by atoms with van der Waals surface area (Å²) in [5.41, 5.74) is 1.71. The van der Waals surface area contributed by atoms with E-state index in [4.69, 9.17) is 4.74 Å². The molecule has 1 aliphatic heterocycles. The molecular weight excluding hydrogens is 500 g/mol. The summed E-state index contributed by atoms with van der Waals surface area (Å²) >= 11 is 0. The van der Waals surface area contributed by atoms with Gasteiger partial charge in [-0.25, -0.2) is 13.2 Å². The van der Waals surface area contributed by atoms with Gasteiger partial charge in [-0.1, -0.05) is 31.4 Å². The first kappa shape index (κ1) is 28.1. The number of urea groups is 1. The molecule has 0 radical (unpaired) electrons. The monoisotopic (exact) mass is 536 g/mol. The molecule has 198 valence electrons. The lowest BCUT2D eigenvalue weighted by Crippen LogP contribution is -2.50. The van der Waals surface area contributed by atoms with E-state index in [0.29, 0.717) is 17.5 Å². The van der Waals surface area contributed by atoms with Gasteiger partial charge in [-0.2, -0.15) is 0 Å². The summed E-state index contributed by atoms with van der Waals surface area (Å²) in [6.45, 7) is 2.79. The molecule has 0 unspecified atom stereocenters. The molecule has 2 aliphatic rings. The third-order valence-electron chi connectivity index (χ3n) is 6.59. The molecule has 1 saturated heterocycles. The normalized spacial score (nSPS) is 17.6. The van der Waals surface area contributed by atoms with Crippen molar-refractivity contribution in [3.8, 4) is 11.5 Å². The summed E-state index contributed by atoms with van der Waals surface area (Å²) in [5.74, 6) is 1.36. The minimum Gasteiger partial charge on any atom is -0.457 e. The molecule has 0 atom stereocenters. The zero-order valence-electron chi connectivity index (χ0n) is 20.7. The van der Waals surface area contributed by atoms with Gasteiger partial charge in [0.1, 0.15) is 11.5 Å². The second-order valence-electron chi connectivity index (χ2n) is 9.65. The average Bonchev–Trinajstić information content (AvgIpc) is 2.82. The lowest BCUT2D eigenvalue weighted by molar-refractivity contribution is 0.184. The Bertz CT molecular complexity index is 1070. The highest BCUT2D eigenvalue weighted by Crippen LogP contribution is 2.24. The third kappa shape index (κ3) is 9.19. The number of amides is 2. The largest absolute Gasteiger partial charge is 0.457 e. The number of halogens is 1. The number of piperidine rings is 1. The summed E-state index contributed by atoms with van der Waals surface area (Å²) in [6, 6.07) is 15.4. The Morgan fingerprint density at radius 2 is 1.39 bits per heavy atom. The Labute approximate surface area is 220 Å². The molecular formula is C26H37ClN4O4S. The van der Waals surface area contributed by atoms with E-state index in [-0.39, 0.29) is 24.5 Å². The predicted molar refractivity (Wildman–Crippen MR) is 146 cm³/mol. The van der Waals surface area contributed by atoms with Gasteiger partial charge in [0.2, 0.25) is 10.0 Å². The van der Waals surface area contributed by atoms with E-state index in [0.717, 1.165) is 57.3 Å². The molecule has 8 nitrogen and oxygen atoms in total. The topological polar surface area (TPSA) is 99.8 Å². The molecule has 2 amide bonds. The molecule has 1 aliphatic carbocycles. The van der Waals surface area contributed by atoms with E-state index < -0.39 is 10.0 Å². The van der Waals surface area contributed by atoms with Gasteiger partial charge in [0.25, 0.3) is 0 Å². The van der Waals surface area contributed by atoms with Crippen molar-refractivity contribution in [3.05, 3.63) is 54.1 Å². The summed E-state index contributed by atoms with van der Waals surface area (Å²) < 4.78 is 30.9. The summed E-state index contributed by atoms with van der Waals surface area (Å²) in [6.07, 6.45) is 8.97. The van der Waals surface area contributed by atoms with Crippen molar-refractivity contribution in [1.82, 2.24) is 15.5 Å². The molecule has 2 aromatic rings. The van der Waals surface area contributed by atoms with Crippen LogP contribution in [0.1, 0.15) is 50.5 Å². The molecule has 0 aromatic heterocycles. The van der Waals surface area contributed by atoms with Crippen LogP contribution in [0.4, 0.5) is 10.5 Å². The minimum atomic E-state index is -3.30. The average molecular weight is 537 g/mol. The molecule has 1 heterocycles. The maximum atomic E-state index is 12.3. The number of nitrogens with one attached hydrogen (secondary N) is 3. The zero-order chi connectivity index (χ0) is 24.7. The molecule has 10 heteroatoms. The number of hydrogen-bond acceptors (Lipinski definition) is 5. The van der Waals surface area contributed by atoms with E-state index in [1.165, 1.54) is 24.8 Å². The number of carbonyl (C=O) groups excluding carboxylic acids is 1. The van der Waals surface area contributed by atoms with Gasteiger partial charge >= 0.3 is 6.03 Å². The van der Waals surface area contributed by atoms with Crippen LogP contribution in [0, 0.1) is 0 Å². The Morgan fingerprint density at radius 1 is 0.861 bits per heavy atom. The molecule has 4 rings (SSSR count). The molecule has 0 spiro atoms. The van der Waals surface area contributed by atoms with Crippen LogP contribution >= 0.6 is 12.4 Å². The van der Waals surface area contributed by atoms with E-state index in [1.54, 1.807) is 24.3 Å². The Hall–Kier alpha value is -2.49. The number of ether oxygens (including phenoxy) is 1.